The van der Waals surface area contributed by atoms with E-state index in [1.54, 1.807) is 0 Å². The van der Waals surface area contributed by atoms with Gasteiger partial charge in [-0.2, -0.15) is 0 Å². The molecule has 0 atom stereocenters. The van der Waals surface area contributed by atoms with Crippen molar-refractivity contribution in [2.75, 3.05) is 25.6 Å². The number of carbonyl (C=O) groups is 1. The molecule has 124 valence electrons. The molecule has 2 rings (SSSR count). The van der Waals surface area contributed by atoms with Crippen LogP contribution in [0.1, 0.15) is 18.9 Å². The van der Waals surface area contributed by atoms with E-state index in [1.807, 2.05) is 32.0 Å². The minimum Gasteiger partial charge on any atom is -0.490 e. The molecule has 0 saturated heterocycles. The fourth-order valence-corrected chi connectivity index (χ4v) is 3.42. The molecular formula is C17H20O4S2. The van der Waals surface area contributed by atoms with Gasteiger partial charge < -0.3 is 9.47 Å². The Kier molecular flexibility index (Phi) is 7.08. The molecule has 0 aliphatic rings. The quantitative estimate of drug-likeness (QED) is 0.679. The van der Waals surface area contributed by atoms with Gasteiger partial charge in [-0.05, 0) is 19.1 Å². The van der Waals surface area contributed by atoms with Crippen LogP contribution < -0.4 is 9.48 Å². The number of hydrogen-bond donors (Lipinski definition) is 0. The van der Waals surface area contributed by atoms with Crippen LogP contribution in [-0.2, 0) is 9.53 Å². The summed E-state index contributed by atoms with van der Waals surface area (Å²) in [6.45, 7) is 5.19. The summed E-state index contributed by atoms with van der Waals surface area (Å²) in [5.41, 5.74) is 1.13. The van der Waals surface area contributed by atoms with Crippen LogP contribution in [-0.4, -0.2) is 30.7 Å². The van der Waals surface area contributed by atoms with Crippen molar-refractivity contribution < 1.29 is 14.3 Å². The molecule has 0 saturated carbocycles. The van der Waals surface area contributed by atoms with Crippen LogP contribution in [0.3, 0.4) is 0 Å². The Hall–Kier alpha value is -1.37. The van der Waals surface area contributed by atoms with Gasteiger partial charge in [0.2, 0.25) is 4.74 Å². The smallest absolute Gasteiger partial charge is 0.236 e. The van der Waals surface area contributed by atoms with Gasteiger partial charge in [-0.1, -0.05) is 41.7 Å². The van der Waals surface area contributed by atoms with Crippen molar-refractivity contribution >= 4 is 38.3 Å². The number of thioether (sulfide) groups is 1. The SMILES string of the molecule is CCC(=O)SCCOCCOc1cc(=O)sc2ccc(C)cc12. The second kappa shape index (κ2) is 9.05. The van der Waals surface area contributed by atoms with Gasteiger partial charge in [0.15, 0.2) is 5.12 Å². The van der Waals surface area contributed by atoms with Gasteiger partial charge in [0.25, 0.3) is 0 Å². The van der Waals surface area contributed by atoms with Gasteiger partial charge in [-0.3, -0.25) is 9.59 Å². The topological polar surface area (TPSA) is 52.6 Å². The lowest BCUT2D eigenvalue weighted by Gasteiger charge is -2.09. The molecule has 0 bridgehead atoms. The molecule has 23 heavy (non-hydrogen) atoms. The Morgan fingerprint density at radius 3 is 2.83 bits per heavy atom. The highest BCUT2D eigenvalue weighted by Crippen LogP contribution is 2.27. The first-order chi connectivity index (χ1) is 11.1. The molecule has 1 heterocycles. The highest BCUT2D eigenvalue weighted by Gasteiger charge is 2.06. The van der Waals surface area contributed by atoms with Crippen molar-refractivity contribution in [2.24, 2.45) is 0 Å². The zero-order chi connectivity index (χ0) is 16.7. The second-order valence-corrected chi connectivity index (χ2v) is 7.16. The summed E-state index contributed by atoms with van der Waals surface area (Å²) in [7, 11) is 0. The number of rotatable bonds is 8. The van der Waals surface area contributed by atoms with E-state index in [0.717, 1.165) is 15.6 Å². The van der Waals surface area contributed by atoms with E-state index in [2.05, 4.69) is 0 Å². The highest BCUT2D eigenvalue weighted by molar-refractivity contribution is 8.13. The van der Waals surface area contributed by atoms with Gasteiger partial charge in [-0.15, -0.1) is 0 Å². The molecule has 0 spiro atoms. The number of ether oxygens (including phenoxy) is 2. The summed E-state index contributed by atoms with van der Waals surface area (Å²) in [6, 6.07) is 7.49. The highest BCUT2D eigenvalue weighted by atomic mass is 32.2. The predicted octanol–water partition coefficient (Wildman–Crippen LogP) is 3.64. The molecule has 6 heteroatoms. The lowest BCUT2D eigenvalue weighted by atomic mass is 10.2. The summed E-state index contributed by atoms with van der Waals surface area (Å²) in [6.07, 6.45) is 0.548. The second-order valence-electron chi connectivity index (χ2n) is 4.96. The minimum atomic E-state index is -0.0215. The monoisotopic (exact) mass is 352 g/mol. The normalized spacial score (nSPS) is 10.9. The van der Waals surface area contributed by atoms with Crippen molar-refractivity contribution in [1.82, 2.24) is 0 Å². The lowest BCUT2D eigenvalue weighted by molar-refractivity contribution is -0.110. The molecule has 4 nitrogen and oxygen atoms in total. The Bertz CT molecular complexity index is 724. The number of fused-ring (bicyclic) bond motifs is 1. The van der Waals surface area contributed by atoms with Crippen LogP contribution in [0.25, 0.3) is 10.1 Å². The Balaban J connectivity index is 1.84. The first kappa shape index (κ1) is 18.0. The maximum absolute atomic E-state index is 11.7. The fraction of sp³-hybridized carbons (Fsp3) is 0.412. The van der Waals surface area contributed by atoms with Gasteiger partial charge in [-0.25, -0.2) is 0 Å². The van der Waals surface area contributed by atoms with Crippen LogP contribution in [0.2, 0.25) is 0 Å². The van der Waals surface area contributed by atoms with Gasteiger partial charge in [0.05, 0.1) is 13.2 Å². The molecule has 0 radical (unpaired) electrons. The molecular weight excluding hydrogens is 332 g/mol. The maximum Gasteiger partial charge on any atom is 0.236 e. The van der Waals surface area contributed by atoms with Crippen LogP contribution >= 0.6 is 23.1 Å². The molecule has 0 unspecified atom stereocenters. The average molecular weight is 352 g/mol. The van der Waals surface area contributed by atoms with Crippen LogP contribution in [0.4, 0.5) is 0 Å². The number of aryl methyl sites for hydroxylation is 1. The summed E-state index contributed by atoms with van der Waals surface area (Å²) >= 11 is 2.51. The number of carbonyl (C=O) groups excluding carboxylic acids is 1. The van der Waals surface area contributed by atoms with E-state index in [9.17, 15) is 9.59 Å². The van der Waals surface area contributed by atoms with E-state index >= 15 is 0 Å². The molecule has 0 N–H and O–H groups in total. The lowest BCUT2D eigenvalue weighted by Crippen LogP contribution is -2.10. The Morgan fingerprint density at radius 1 is 1.22 bits per heavy atom. The third kappa shape index (κ3) is 5.64. The zero-order valence-corrected chi connectivity index (χ0v) is 14.9. The van der Waals surface area contributed by atoms with Crippen molar-refractivity contribution in [3.63, 3.8) is 0 Å². The van der Waals surface area contributed by atoms with Crippen molar-refractivity contribution in [3.8, 4) is 5.75 Å². The third-order valence-corrected chi connectivity index (χ3v) is 5.00. The third-order valence-electron chi connectivity index (χ3n) is 3.12. The first-order valence-corrected chi connectivity index (χ1v) is 9.31. The van der Waals surface area contributed by atoms with E-state index in [-0.39, 0.29) is 9.86 Å². The minimum absolute atomic E-state index is 0.0215. The fourth-order valence-electron chi connectivity index (χ4n) is 2.00. The van der Waals surface area contributed by atoms with Crippen LogP contribution in [0, 0.1) is 6.92 Å². The van der Waals surface area contributed by atoms with Crippen LogP contribution in [0.15, 0.2) is 29.1 Å². The molecule has 0 aliphatic heterocycles. The standard InChI is InChI=1S/C17H20O4S2/c1-3-16(18)22-9-8-20-6-7-21-14-11-17(19)23-15-5-4-12(2)10-13(14)15/h4-5,10-11H,3,6-9H2,1-2H3. The van der Waals surface area contributed by atoms with Crippen LogP contribution in [0.5, 0.6) is 5.75 Å². The molecule has 0 aliphatic carbocycles. The van der Waals surface area contributed by atoms with E-state index in [1.165, 1.54) is 29.2 Å². The van der Waals surface area contributed by atoms with E-state index in [0.29, 0.717) is 37.7 Å². The zero-order valence-electron chi connectivity index (χ0n) is 13.3. The number of hydrogen-bond acceptors (Lipinski definition) is 6. The molecule has 1 aromatic heterocycles. The molecule has 1 aromatic carbocycles. The Labute approximate surface area is 143 Å². The molecule has 0 fully saturated rings. The van der Waals surface area contributed by atoms with Gasteiger partial charge in [0.1, 0.15) is 12.4 Å². The summed E-state index contributed by atoms with van der Waals surface area (Å²) in [5, 5.41) is 1.14. The molecule has 2 aromatic rings. The van der Waals surface area contributed by atoms with Gasteiger partial charge in [0, 0.05) is 28.3 Å². The number of benzene rings is 1. The van der Waals surface area contributed by atoms with Crippen molar-refractivity contribution in [1.29, 1.82) is 0 Å². The summed E-state index contributed by atoms with van der Waals surface area (Å²) in [4.78, 5) is 22.9. The first-order valence-electron chi connectivity index (χ1n) is 7.51. The Morgan fingerprint density at radius 2 is 2.04 bits per heavy atom. The largest absolute Gasteiger partial charge is 0.490 e. The molecule has 0 amide bonds. The summed E-state index contributed by atoms with van der Waals surface area (Å²) in [5.74, 6) is 1.26. The summed E-state index contributed by atoms with van der Waals surface area (Å²) < 4.78 is 12.1. The van der Waals surface area contributed by atoms with Crippen molar-refractivity contribution in [2.45, 2.75) is 20.3 Å². The van der Waals surface area contributed by atoms with E-state index in [4.69, 9.17) is 9.47 Å². The van der Waals surface area contributed by atoms with E-state index < -0.39 is 0 Å². The maximum atomic E-state index is 11.7. The van der Waals surface area contributed by atoms with Crippen molar-refractivity contribution in [3.05, 3.63) is 39.4 Å². The average Bonchev–Trinajstić information content (AvgIpc) is 2.54. The predicted molar refractivity (Wildman–Crippen MR) is 96.9 cm³/mol. The van der Waals surface area contributed by atoms with Gasteiger partial charge >= 0.3 is 0 Å².